The fourth-order valence-electron chi connectivity index (χ4n) is 1.98. The van der Waals surface area contributed by atoms with Crippen LogP contribution in [0.3, 0.4) is 0 Å². The maximum absolute atomic E-state index is 13.1. The van der Waals surface area contributed by atoms with Crippen molar-refractivity contribution in [2.24, 2.45) is 0 Å². The Morgan fingerprint density at radius 1 is 1.40 bits per heavy atom. The fourth-order valence-corrected chi connectivity index (χ4v) is 1.98. The molecule has 108 valence electrons. The third-order valence-electron chi connectivity index (χ3n) is 2.96. The normalized spacial score (nSPS) is 15.8. The van der Waals surface area contributed by atoms with Crippen LogP contribution in [-0.4, -0.2) is 31.5 Å². The molecule has 0 radical (unpaired) electrons. The number of alkyl halides is 2. The lowest BCUT2D eigenvalue weighted by molar-refractivity contribution is -0.136. The van der Waals surface area contributed by atoms with Crippen molar-refractivity contribution in [2.75, 3.05) is 25.7 Å². The van der Waals surface area contributed by atoms with Gasteiger partial charge >= 0.3 is 5.97 Å². The Labute approximate surface area is 115 Å². The number of halogens is 2. The third kappa shape index (κ3) is 2.45. The van der Waals surface area contributed by atoms with Crippen LogP contribution in [0.5, 0.6) is 5.75 Å². The first-order valence-electron chi connectivity index (χ1n) is 6.16. The van der Waals surface area contributed by atoms with Crippen LogP contribution < -0.4 is 10.5 Å². The first-order chi connectivity index (χ1) is 9.55. The van der Waals surface area contributed by atoms with Crippen LogP contribution in [0, 0.1) is 0 Å². The van der Waals surface area contributed by atoms with Gasteiger partial charge in [-0.1, -0.05) is 0 Å². The predicted molar refractivity (Wildman–Crippen MR) is 70.8 cm³/mol. The molecule has 0 amide bonds. The van der Waals surface area contributed by atoms with Gasteiger partial charge in [0.2, 0.25) is 0 Å². The minimum Gasteiger partial charge on any atom is -0.477 e. The van der Waals surface area contributed by atoms with Crippen LogP contribution in [0.2, 0.25) is 0 Å². The highest BCUT2D eigenvalue weighted by atomic mass is 19.1. The first kappa shape index (κ1) is 14.3. The summed E-state index contributed by atoms with van der Waals surface area (Å²) in [6.07, 6.45) is 1.13. The molecule has 0 saturated heterocycles. The highest BCUT2D eigenvalue weighted by molar-refractivity contribution is 6.18. The minimum absolute atomic E-state index is 0.0655. The second-order valence-electron chi connectivity index (χ2n) is 4.47. The maximum Gasteiger partial charge on any atom is 0.338 e. The van der Waals surface area contributed by atoms with E-state index in [0.29, 0.717) is 11.3 Å². The van der Waals surface area contributed by atoms with Gasteiger partial charge in [-0.05, 0) is 31.2 Å². The number of nitrogens with two attached hydrogens (primary N) is 1. The van der Waals surface area contributed by atoms with Gasteiger partial charge in [0.1, 0.15) is 19.1 Å². The van der Waals surface area contributed by atoms with Crippen molar-refractivity contribution in [2.45, 2.75) is 12.5 Å². The van der Waals surface area contributed by atoms with Gasteiger partial charge in [0.05, 0.1) is 12.2 Å². The second kappa shape index (κ2) is 5.48. The van der Waals surface area contributed by atoms with Gasteiger partial charge in [0, 0.05) is 11.3 Å². The summed E-state index contributed by atoms with van der Waals surface area (Å²) in [6, 6.07) is 4.53. The molecule has 2 rings (SSSR count). The number of anilines is 1. The van der Waals surface area contributed by atoms with E-state index in [0.717, 1.165) is 6.08 Å². The lowest BCUT2D eigenvalue weighted by atomic mass is 9.93. The van der Waals surface area contributed by atoms with Crippen molar-refractivity contribution in [3.05, 3.63) is 29.8 Å². The van der Waals surface area contributed by atoms with Gasteiger partial charge in [-0.3, -0.25) is 0 Å². The lowest BCUT2D eigenvalue weighted by Gasteiger charge is -2.32. The fraction of sp³-hybridized carbons (Fsp3) is 0.357. The van der Waals surface area contributed by atoms with E-state index >= 15 is 0 Å². The smallest absolute Gasteiger partial charge is 0.338 e. The molecule has 1 heterocycles. The van der Waals surface area contributed by atoms with Crippen molar-refractivity contribution >= 4 is 17.2 Å². The van der Waals surface area contributed by atoms with E-state index < -0.39 is 24.9 Å². The molecule has 4 nitrogen and oxygen atoms in total. The highest BCUT2D eigenvalue weighted by Crippen LogP contribution is 2.38. The lowest BCUT2D eigenvalue weighted by Crippen LogP contribution is -2.42. The zero-order valence-electron chi connectivity index (χ0n) is 11.0. The summed E-state index contributed by atoms with van der Waals surface area (Å²) in [6.45, 7) is -0.366. The summed E-state index contributed by atoms with van der Waals surface area (Å²) in [4.78, 5) is 12.0. The number of nitrogen functional groups attached to an aromatic ring is 1. The molecule has 0 spiro atoms. The second-order valence-corrected chi connectivity index (χ2v) is 4.47. The van der Waals surface area contributed by atoms with Crippen molar-refractivity contribution in [3.63, 3.8) is 0 Å². The molecule has 1 aromatic carbocycles. The highest BCUT2D eigenvalue weighted by Gasteiger charge is 2.38. The Kier molecular flexibility index (Phi) is 3.92. The van der Waals surface area contributed by atoms with Crippen molar-refractivity contribution in [3.8, 4) is 5.75 Å². The Morgan fingerprint density at radius 3 is 2.70 bits per heavy atom. The van der Waals surface area contributed by atoms with E-state index in [4.69, 9.17) is 15.2 Å². The molecule has 0 unspecified atom stereocenters. The van der Waals surface area contributed by atoms with E-state index in [2.05, 4.69) is 0 Å². The van der Waals surface area contributed by atoms with Gasteiger partial charge in [0.15, 0.2) is 5.60 Å². The summed E-state index contributed by atoms with van der Waals surface area (Å²) in [5, 5.41) is 0. The summed E-state index contributed by atoms with van der Waals surface area (Å²) in [5.74, 6) is -0.450. The summed E-state index contributed by atoms with van der Waals surface area (Å²) in [7, 11) is 0. The average molecular weight is 283 g/mol. The molecule has 20 heavy (non-hydrogen) atoms. The number of fused-ring (bicyclic) bond motifs is 1. The SMILES string of the molecule is CCOC(=O)C1=CC(CF)(CF)Oc2ccc(N)cc21. The van der Waals surface area contributed by atoms with Gasteiger partial charge < -0.3 is 15.2 Å². The Balaban J connectivity index is 2.55. The van der Waals surface area contributed by atoms with Gasteiger partial charge in [-0.15, -0.1) is 0 Å². The molecule has 0 saturated carbocycles. The zero-order chi connectivity index (χ0) is 14.8. The Bertz CT molecular complexity index is 553. The largest absolute Gasteiger partial charge is 0.477 e. The summed E-state index contributed by atoms with van der Waals surface area (Å²) < 4.78 is 36.5. The topological polar surface area (TPSA) is 61.5 Å². The predicted octanol–water partition coefficient (Wildman–Crippen LogP) is 2.29. The van der Waals surface area contributed by atoms with E-state index in [1.54, 1.807) is 6.92 Å². The van der Waals surface area contributed by atoms with E-state index in [-0.39, 0.29) is 17.9 Å². The van der Waals surface area contributed by atoms with Crippen LogP contribution in [0.4, 0.5) is 14.5 Å². The molecule has 0 bridgehead atoms. The van der Waals surface area contributed by atoms with Crippen molar-refractivity contribution in [1.82, 2.24) is 0 Å². The van der Waals surface area contributed by atoms with Crippen LogP contribution in [0.1, 0.15) is 12.5 Å². The van der Waals surface area contributed by atoms with Crippen molar-refractivity contribution < 1.29 is 23.0 Å². The minimum atomic E-state index is -1.79. The molecule has 0 atom stereocenters. The van der Waals surface area contributed by atoms with Crippen LogP contribution in [-0.2, 0) is 9.53 Å². The number of ether oxygens (including phenoxy) is 2. The van der Waals surface area contributed by atoms with Gasteiger partial charge in [0.25, 0.3) is 0 Å². The van der Waals surface area contributed by atoms with E-state index in [1.807, 2.05) is 0 Å². The van der Waals surface area contributed by atoms with Crippen LogP contribution in [0.15, 0.2) is 24.3 Å². The van der Waals surface area contributed by atoms with Gasteiger partial charge in [-0.2, -0.15) is 0 Å². The molecule has 0 fully saturated rings. The van der Waals surface area contributed by atoms with Crippen LogP contribution in [0.25, 0.3) is 5.57 Å². The first-order valence-corrected chi connectivity index (χ1v) is 6.16. The number of esters is 1. The summed E-state index contributed by atoms with van der Waals surface area (Å²) in [5.41, 5.74) is 4.74. The Hall–Kier alpha value is -2.11. The molecule has 2 N–H and O–H groups in total. The molecular weight excluding hydrogens is 268 g/mol. The summed E-state index contributed by atoms with van der Waals surface area (Å²) >= 11 is 0. The molecular formula is C14H15F2NO3. The number of hydrogen-bond acceptors (Lipinski definition) is 4. The molecule has 1 aromatic rings. The molecule has 6 heteroatoms. The number of benzene rings is 1. The molecule has 0 aliphatic carbocycles. The molecule has 1 aliphatic heterocycles. The quantitative estimate of drug-likeness (QED) is 0.680. The van der Waals surface area contributed by atoms with E-state index in [9.17, 15) is 13.6 Å². The third-order valence-corrected chi connectivity index (χ3v) is 2.96. The number of hydrogen-bond donors (Lipinski definition) is 1. The molecule has 0 aromatic heterocycles. The zero-order valence-corrected chi connectivity index (χ0v) is 11.0. The number of carbonyl (C=O) groups excluding carboxylic acids is 1. The number of carbonyl (C=O) groups is 1. The number of rotatable bonds is 4. The molecule has 1 aliphatic rings. The standard InChI is InChI=1S/C14H15F2NO3/c1-2-19-13(18)11-6-14(7-15,8-16)20-12-4-3-9(17)5-10(11)12/h3-6H,2,7-8,17H2,1H3. The van der Waals surface area contributed by atoms with Gasteiger partial charge in [-0.25, -0.2) is 13.6 Å². The Morgan fingerprint density at radius 2 is 2.10 bits per heavy atom. The van der Waals surface area contributed by atoms with E-state index in [1.165, 1.54) is 18.2 Å². The maximum atomic E-state index is 13.1. The monoisotopic (exact) mass is 283 g/mol. The van der Waals surface area contributed by atoms with Crippen LogP contribution >= 0.6 is 0 Å². The van der Waals surface area contributed by atoms with Crippen molar-refractivity contribution in [1.29, 1.82) is 0 Å². The average Bonchev–Trinajstić information content (AvgIpc) is 2.46.